The van der Waals surface area contributed by atoms with Gasteiger partial charge >= 0.3 is 0 Å². The van der Waals surface area contributed by atoms with Crippen LogP contribution in [-0.2, 0) is 11.3 Å². The highest BCUT2D eigenvalue weighted by molar-refractivity contribution is 6.03. The summed E-state index contributed by atoms with van der Waals surface area (Å²) in [5.41, 5.74) is 0.535. The van der Waals surface area contributed by atoms with Crippen LogP contribution in [0.1, 0.15) is 35.7 Å². The molecule has 1 unspecified atom stereocenters. The maximum Gasteiger partial charge on any atom is 0.252 e. The van der Waals surface area contributed by atoms with Crippen LogP contribution in [0.2, 0.25) is 0 Å². The fourth-order valence-corrected chi connectivity index (χ4v) is 3.12. The average molecular weight is 344 g/mol. The molecule has 3 rings (SSSR count). The number of aryl methyl sites for hydroxylation is 1. The number of hydrogen-bond donors (Lipinski definition) is 1. The van der Waals surface area contributed by atoms with E-state index in [0.717, 1.165) is 12.2 Å². The molecule has 0 saturated carbocycles. The third-order valence-electron chi connectivity index (χ3n) is 4.53. The van der Waals surface area contributed by atoms with Crippen LogP contribution >= 0.6 is 0 Å². The first-order chi connectivity index (χ1) is 12.0. The molecule has 1 saturated heterocycles. The van der Waals surface area contributed by atoms with E-state index in [0.29, 0.717) is 19.5 Å². The van der Waals surface area contributed by atoms with Crippen molar-refractivity contribution in [1.29, 1.82) is 0 Å². The van der Waals surface area contributed by atoms with Crippen molar-refractivity contribution in [3.05, 3.63) is 47.4 Å². The van der Waals surface area contributed by atoms with Gasteiger partial charge in [0.1, 0.15) is 17.7 Å². The first kappa shape index (κ1) is 17.1. The van der Waals surface area contributed by atoms with E-state index < -0.39 is 17.8 Å². The number of hydrogen-bond acceptors (Lipinski definition) is 3. The largest absolute Gasteiger partial charge is 0.340 e. The second-order valence-corrected chi connectivity index (χ2v) is 6.08. The zero-order valence-corrected chi connectivity index (χ0v) is 14.3. The van der Waals surface area contributed by atoms with Crippen LogP contribution in [0.25, 0.3) is 0 Å². The number of halogens is 1. The zero-order chi connectivity index (χ0) is 18.0. The van der Waals surface area contributed by atoms with Gasteiger partial charge in [-0.15, -0.1) is 0 Å². The Balaban J connectivity index is 1.78. The highest BCUT2D eigenvalue weighted by Gasteiger charge is 2.32. The van der Waals surface area contributed by atoms with Gasteiger partial charge < -0.3 is 5.32 Å². The summed E-state index contributed by atoms with van der Waals surface area (Å²) in [6, 6.07) is 5.54. The van der Waals surface area contributed by atoms with Gasteiger partial charge in [-0.1, -0.05) is 6.07 Å². The molecule has 1 atom stereocenters. The van der Waals surface area contributed by atoms with Gasteiger partial charge in [-0.3, -0.25) is 14.5 Å². The molecule has 1 fully saturated rings. The number of anilines is 1. The molecule has 2 heterocycles. The molecule has 2 aromatic rings. The number of carbonyl (C=O) groups is 2. The maximum atomic E-state index is 13.7. The smallest absolute Gasteiger partial charge is 0.252 e. The van der Waals surface area contributed by atoms with Crippen LogP contribution in [0.3, 0.4) is 0 Å². The number of aromatic nitrogens is 2. The number of rotatable bonds is 4. The Morgan fingerprint density at radius 2 is 2.20 bits per heavy atom. The molecular weight excluding hydrogens is 323 g/mol. The first-order valence-electron chi connectivity index (χ1n) is 8.42. The topological polar surface area (TPSA) is 67.2 Å². The highest BCUT2D eigenvalue weighted by atomic mass is 19.1. The number of piperidine rings is 1. The molecule has 0 spiro atoms. The lowest BCUT2D eigenvalue weighted by molar-refractivity contribution is -0.121. The zero-order valence-electron chi connectivity index (χ0n) is 14.3. The monoisotopic (exact) mass is 344 g/mol. The summed E-state index contributed by atoms with van der Waals surface area (Å²) in [6.07, 6.45) is 2.99. The van der Waals surface area contributed by atoms with E-state index in [2.05, 4.69) is 10.4 Å². The van der Waals surface area contributed by atoms with Crippen LogP contribution in [-0.4, -0.2) is 34.2 Å². The standard InChI is InChI=1S/C18H21FN4O2/c1-3-23-16(9-10-20-23)22-11-5-8-15(18(22)25)21-17(24)13-6-4-7-14(19)12(13)2/h4,6-7,9-10,15H,3,5,8,11H2,1-2H3,(H,21,24). The van der Waals surface area contributed by atoms with Crippen molar-refractivity contribution in [3.8, 4) is 0 Å². The van der Waals surface area contributed by atoms with Gasteiger partial charge in [0.2, 0.25) is 0 Å². The van der Waals surface area contributed by atoms with Gasteiger partial charge in [0, 0.05) is 24.7 Å². The average Bonchev–Trinajstić information content (AvgIpc) is 3.07. The lowest BCUT2D eigenvalue weighted by atomic mass is 10.0. The molecular formula is C18H21FN4O2. The van der Waals surface area contributed by atoms with Gasteiger partial charge in [0.25, 0.3) is 11.8 Å². The van der Waals surface area contributed by atoms with Gasteiger partial charge in [-0.05, 0) is 44.4 Å². The summed E-state index contributed by atoms with van der Waals surface area (Å²) in [6.45, 7) is 4.76. The van der Waals surface area contributed by atoms with Crippen molar-refractivity contribution in [2.24, 2.45) is 0 Å². The second-order valence-electron chi connectivity index (χ2n) is 6.08. The summed E-state index contributed by atoms with van der Waals surface area (Å²) in [5, 5.41) is 6.95. The number of amides is 2. The normalized spacial score (nSPS) is 17.6. The molecule has 1 aromatic carbocycles. The Labute approximate surface area is 145 Å². The lowest BCUT2D eigenvalue weighted by Gasteiger charge is -2.32. The SMILES string of the molecule is CCn1nccc1N1CCCC(NC(=O)c2cccc(F)c2C)C1=O. The molecule has 1 aromatic heterocycles. The number of benzene rings is 1. The Morgan fingerprint density at radius 1 is 1.40 bits per heavy atom. The van der Waals surface area contributed by atoms with E-state index in [1.54, 1.807) is 34.8 Å². The van der Waals surface area contributed by atoms with E-state index >= 15 is 0 Å². The fourth-order valence-electron chi connectivity index (χ4n) is 3.12. The third kappa shape index (κ3) is 3.26. The van der Waals surface area contributed by atoms with Gasteiger partial charge in [-0.25, -0.2) is 9.07 Å². The number of nitrogens with one attached hydrogen (secondary N) is 1. The minimum absolute atomic E-state index is 0.163. The van der Waals surface area contributed by atoms with Crippen molar-refractivity contribution in [1.82, 2.24) is 15.1 Å². The predicted octanol–water partition coefficient (Wildman–Crippen LogP) is 2.28. The highest BCUT2D eigenvalue weighted by Crippen LogP contribution is 2.21. The van der Waals surface area contributed by atoms with Crippen molar-refractivity contribution < 1.29 is 14.0 Å². The third-order valence-corrected chi connectivity index (χ3v) is 4.53. The van der Waals surface area contributed by atoms with E-state index in [-0.39, 0.29) is 17.0 Å². The quantitative estimate of drug-likeness (QED) is 0.925. The number of carbonyl (C=O) groups excluding carboxylic acids is 2. The molecule has 132 valence electrons. The lowest BCUT2D eigenvalue weighted by Crippen LogP contribution is -2.53. The summed E-state index contributed by atoms with van der Waals surface area (Å²) in [7, 11) is 0. The molecule has 0 aliphatic carbocycles. The Hall–Kier alpha value is -2.70. The van der Waals surface area contributed by atoms with Crippen molar-refractivity contribution >= 4 is 17.6 Å². The summed E-state index contributed by atoms with van der Waals surface area (Å²) in [4.78, 5) is 26.9. The molecule has 6 nitrogen and oxygen atoms in total. The van der Waals surface area contributed by atoms with Crippen LogP contribution in [0.4, 0.5) is 10.2 Å². The van der Waals surface area contributed by atoms with E-state index in [4.69, 9.17) is 0 Å². The molecule has 2 amide bonds. The van der Waals surface area contributed by atoms with Crippen LogP contribution in [0.5, 0.6) is 0 Å². The Kier molecular flexibility index (Phi) is 4.83. The van der Waals surface area contributed by atoms with Gasteiger partial charge in [0.05, 0.1) is 6.20 Å². The fraction of sp³-hybridized carbons (Fsp3) is 0.389. The summed E-state index contributed by atoms with van der Waals surface area (Å²) in [5.74, 6) is -0.297. The maximum absolute atomic E-state index is 13.7. The molecule has 0 radical (unpaired) electrons. The molecule has 1 aliphatic rings. The Bertz CT molecular complexity index is 802. The minimum Gasteiger partial charge on any atom is -0.340 e. The van der Waals surface area contributed by atoms with E-state index in [1.165, 1.54) is 12.1 Å². The molecule has 1 N–H and O–H groups in total. The minimum atomic E-state index is -0.621. The molecule has 0 bridgehead atoms. The van der Waals surface area contributed by atoms with Crippen LogP contribution < -0.4 is 10.2 Å². The summed E-state index contributed by atoms with van der Waals surface area (Å²) >= 11 is 0. The van der Waals surface area contributed by atoms with Gasteiger partial charge in [0.15, 0.2) is 0 Å². The van der Waals surface area contributed by atoms with Crippen molar-refractivity contribution in [3.63, 3.8) is 0 Å². The molecule has 7 heteroatoms. The van der Waals surface area contributed by atoms with Crippen molar-refractivity contribution in [2.45, 2.75) is 39.3 Å². The van der Waals surface area contributed by atoms with Crippen LogP contribution in [0, 0.1) is 12.7 Å². The molecule has 1 aliphatic heterocycles. The van der Waals surface area contributed by atoms with Crippen LogP contribution in [0.15, 0.2) is 30.5 Å². The number of nitrogens with zero attached hydrogens (tertiary/aromatic N) is 3. The van der Waals surface area contributed by atoms with E-state index in [9.17, 15) is 14.0 Å². The molecule has 25 heavy (non-hydrogen) atoms. The first-order valence-corrected chi connectivity index (χ1v) is 8.42. The van der Waals surface area contributed by atoms with E-state index in [1.807, 2.05) is 6.92 Å². The predicted molar refractivity (Wildman–Crippen MR) is 91.9 cm³/mol. The summed E-state index contributed by atoms with van der Waals surface area (Å²) < 4.78 is 15.4. The second kappa shape index (κ2) is 7.04. The van der Waals surface area contributed by atoms with Gasteiger partial charge in [-0.2, -0.15) is 5.10 Å². The van der Waals surface area contributed by atoms with Crippen molar-refractivity contribution in [2.75, 3.05) is 11.4 Å². The Morgan fingerprint density at radius 3 is 2.96 bits per heavy atom.